The second-order valence-corrected chi connectivity index (χ2v) is 5.12. The van der Waals surface area contributed by atoms with E-state index in [4.69, 9.17) is 4.42 Å². The van der Waals surface area contributed by atoms with E-state index in [2.05, 4.69) is 5.32 Å². The first kappa shape index (κ1) is 11.1. The van der Waals surface area contributed by atoms with Gasteiger partial charge in [-0.1, -0.05) is 18.2 Å². The Morgan fingerprint density at radius 3 is 2.78 bits per heavy atom. The number of carbonyl (C=O) groups is 1. The van der Waals surface area contributed by atoms with E-state index in [1.54, 1.807) is 6.26 Å². The zero-order valence-corrected chi connectivity index (χ0v) is 10.5. The predicted octanol–water partition coefficient (Wildman–Crippen LogP) is 2.85. The summed E-state index contributed by atoms with van der Waals surface area (Å²) >= 11 is 0. The van der Waals surface area contributed by atoms with Gasteiger partial charge in [-0.3, -0.25) is 4.79 Å². The fourth-order valence-electron chi connectivity index (χ4n) is 2.54. The van der Waals surface area contributed by atoms with Crippen LogP contribution in [0, 0.1) is 0 Å². The molecule has 1 aliphatic heterocycles. The highest BCUT2D eigenvalue weighted by Gasteiger charge is 2.36. The zero-order chi connectivity index (χ0) is 12.8. The van der Waals surface area contributed by atoms with Gasteiger partial charge in [0.05, 0.1) is 11.7 Å². The molecule has 0 saturated carbocycles. The largest absolute Gasteiger partial charge is 0.464 e. The number of carbonyl (C=O) groups excluding carboxylic acids is 1. The molecule has 1 N–H and O–H groups in total. The summed E-state index contributed by atoms with van der Waals surface area (Å²) in [5.74, 6) is 0.922. The molecular formula is C15H15NO2. The molecule has 3 nitrogen and oxygen atoms in total. The summed E-state index contributed by atoms with van der Waals surface area (Å²) in [4.78, 5) is 11.9. The molecular weight excluding hydrogens is 226 g/mol. The third-order valence-corrected chi connectivity index (χ3v) is 3.63. The lowest BCUT2D eigenvalue weighted by atomic mass is 9.77. The molecule has 0 unspecified atom stereocenters. The Balaban J connectivity index is 2.22. The predicted molar refractivity (Wildman–Crippen MR) is 69.0 cm³/mol. The lowest BCUT2D eigenvalue weighted by molar-refractivity contribution is -0.126. The number of nitrogens with one attached hydrogen (secondary N) is 1. The molecule has 3 heteroatoms. The van der Waals surface area contributed by atoms with Crippen LogP contribution in [-0.4, -0.2) is 5.91 Å². The van der Waals surface area contributed by atoms with E-state index in [9.17, 15) is 4.79 Å². The quantitative estimate of drug-likeness (QED) is 0.834. The van der Waals surface area contributed by atoms with Crippen molar-refractivity contribution in [1.82, 2.24) is 5.32 Å². The highest BCUT2D eigenvalue weighted by molar-refractivity contribution is 5.90. The lowest BCUT2D eigenvalue weighted by Gasteiger charge is -2.32. The van der Waals surface area contributed by atoms with Crippen molar-refractivity contribution in [1.29, 1.82) is 0 Å². The number of hydrogen-bond acceptors (Lipinski definition) is 2. The Hall–Kier alpha value is -2.03. The normalized spacial score (nSPS) is 17.1. The Morgan fingerprint density at radius 2 is 2.06 bits per heavy atom. The van der Waals surface area contributed by atoms with E-state index >= 15 is 0 Å². The van der Waals surface area contributed by atoms with Crippen LogP contribution in [0.25, 0.3) is 11.3 Å². The monoisotopic (exact) mass is 241 g/mol. The number of furan rings is 1. The van der Waals surface area contributed by atoms with Gasteiger partial charge in [0.2, 0.25) is 5.91 Å². The number of benzene rings is 1. The van der Waals surface area contributed by atoms with Gasteiger partial charge in [-0.25, -0.2) is 0 Å². The molecule has 0 aliphatic carbocycles. The van der Waals surface area contributed by atoms with Crippen LogP contribution in [-0.2, 0) is 16.8 Å². The van der Waals surface area contributed by atoms with Crippen LogP contribution >= 0.6 is 0 Å². The first-order valence-corrected chi connectivity index (χ1v) is 6.05. The minimum atomic E-state index is -0.490. The number of hydrogen-bond donors (Lipinski definition) is 1. The van der Waals surface area contributed by atoms with E-state index in [0.29, 0.717) is 6.54 Å². The first-order valence-electron chi connectivity index (χ1n) is 6.05. The highest BCUT2D eigenvalue weighted by Crippen LogP contribution is 2.36. The molecule has 0 fully saturated rings. The standard InChI is InChI=1S/C15H15NO2/c1-15(2)12-6-3-5-10(13-7-4-8-18-13)11(12)9-16-14(15)17/h3-8H,9H2,1-2H3,(H,16,17). The molecule has 0 radical (unpaired) electrons. The number of amides is 1. The van der Waals surface area contributed by atoms with Crippen LogP contribution < -0.4 is 5.32 Å². The van der Waals surface area contributed by atoms with Crippen molar-refractivity contribution >= 4 is 5.91 Å². The number of fused-ring (bicyclic) bond motifs is 1. The maximum absolute atomic E-state index is 11.9. The molecule has 0 bridgehead atoms. The SMILES string of the molecule is CC1(C)C(=O)NCc2c(-c3ccco3)cccc21. The second kappa shape index (κ2) is 3.73. The van der Waals surface area contributed by atoms with Crippen LogP contribution in [0.5, 0.6) is 0 Å². The van der Waals surface area contributed by atoms with Gasteiger partial charge in [0.15, 0.2) is 0 Å². The van der Waals surface area contributed by atoms with Crippen LogP contribution in [0.3, 0.4) is 0 Å². The number of rotatable bonds is 1. The van der Waals surface area contributed by atoms with E-state index in [1.165, 1.54) is 0 Å². The van der Waals surface area contributed by atoms with E-state index in [-0.39, 0.29) is 5.91 Å². The van der Waals surface area contributed by atoms with Gasteiger partial charge in [-0.05, 0) is 37.1 Å². The minimum Gasteiger partial charge on any atom is -0.464 e. The van der Waals surface area contributed by atoms with Gasteiger partial charge in [0, 0.05) is 12.1 Å². The summed E-state index contributed by atoms with van der Waals surface area (Å²) in [6.07, 6.45) is 1.67. The summed E-state index contributed by atoms with van der Waals surface area (Å²) in [5.41, 5.74) is 2.80. The summed E-state index contributed by atoms with van der Waals surface area (Å²) in [7, 11) is 0. The summed E-state index contributed by atoms with van der Waals surface area (Å²) in [6.45, 7) is 4.47. The molecule has 0 saturated heterocycles. The highest BCUT2D eigenvalue weighted by atomic mass is 16.3. The topological polar surface area (TPSA) is 42.2 Å². The van der Waals surface area contributed by atoms with Crippen molar-refractivity contribution in [2.75, 3.05) is 0 Å². The molecule has 1 amide bonds. The smallest absolute Gasteiger partial charge is 0.230 e. The molecule has 2 aromatic rings. The van der Waals surface area contributed by atoms with Crippen molar-refractivity contribution in [3.05, 3.63) is 47.7 Å². The summed E-state index contributed by atoms with van der Waals surface area (Å²) in [5, 5.41) is 2.95. The summed E-state index contributed by atoms with van der Waals surface area (Å²) in [6, 6.07) is 9.86. The molecule has 92 valence electrons. The van der Waals surface area contributed by atoms with Gasteiger partial charge < -0.3 is 9.73 Å². The molecule has 2 heterocycles. The molecule has 1 aliphatic rings. The maximum atomic E-state index is 11.9. The average molecular weight is 241 g/mol. The van der Waals surface area contributed by atoms with Gasteiger partial charge in [-0.15, -0.1) is 0 Å². The van der Waals surface area contributed by atoms with Crippen molar-refractivity contribution < 1.29 is 9.21 Å². The van der Waals surface area contributed by atoms with Crippen LogP contribution in [0.2, 0.25) is 0 Å². The molecule has 1 aromatic carbocycles. The van der Waals surface area contributed by atoms with Crippen molar-refractivity contribution in [3.8, 4) is 11.3 Å². The fourth-order valence-corrected chi connectivity index (χ4v) is 2.54. The fraction of sp³-hybridized carbons (Fsp3) is 0.267. The molecule has 1 aromatic heterocycles. The molecule has 0 atom stereocenters. The molecule has 3 rings (SSSR count). The maximum Gasteiger partial charge on any atom is 0.230 e. The van der Waals surface area contributed by atoms with Crippen molar-refractivity contribution in [2.24, 2.45) is 0 Å². The van der Waals surface area contributed by atoms with E-state index in [0.717, 1.165) is 22.5 Å². The van der Waals surface area contributed by atoms with Crippen molar-refractivity contribution in [3.63, 3.8) is 0 Å². The second-order valence-electron chi connectivity index (χ2n) is 5.12. The molecule has 0 spiro atoms. The third-order valence-electron chi connectivity index (χ3n) is 3.63. The summed E-state index contributed by atoms with van der Waals surface area (Å²) < 4.78 is 5.47. The van der Waals surface area contributed by atoms with Crippen molar-refractivity contribution in [2.45, 2.75) is 25.8 Å². The Labute approximate surface area is 106 Å². The molecule has 18 heavy (non-hydrogen) atoms. The van der Waals surface area contributed by atoms with Crippen LogP contribution in [0.4, 0.5) is 0 Å². The Bertz CT molecular complexity index is 597. The first-order chi connectivity index (χ1) is 8.60. The van der Waals surface area contributed by atoms with Crippen LogP contribution in [0.1, 0.15) is 25.0 Å². The van der Waals surface area contributed by atoms with Gasteiger partial charge in [0.25, 0.3) is 0 Å². The lowest BCUT2D eigenvalue weighted by Crippen LogP contribution is -2.44. The minimum absolute atomic E-state index is 0.0756. The van der Waals surface area contributed by atoms with Gasteiger partial charge in [-0.2, -0.15) is 0 Å². The van der Waals surface area contributed by atoms with Gasteiger partial charge >= 0.3 is 0 Å². The van der Waals surface area contributed by atoms with E-state index in [1.807, 2.05) is 44.2 Å². The van der Waals surface area contributed by atoms with Gasteiger partial charge in [0.1, 0.15) is 5.76 Å². The third kappa shape index (κ3) is 1.47. The Morgan fingerprint density at radius 1 is 1.22 bits per heavy atom. The zero-order valence-electron chi connectivity index (χ0n) is 10.5. The Kier molecular flexibility index (Phi) is 2.30. The van der Waals surface area contributed by atoms with E-state index < -0.39 is 5.41 Å². The average Bonchev–Trinajstić information content (AvgIpc) is 2.87. The van der Waals surface area contributed by atoms with Crippen LogP contribution in [0.15, 0.2) is 41.0 Å².